The van der Waals surface area contributed by atoms with Gasteiger partial charge in [-0.1, -0.05) is 19.3 Å². The van der Waals surface area contributed by atoms with Crippen LogP contribution in [-0.2, 0) is 9.53 Å². The molecule has 0 aromatic carbocycles. The Morgan fingerprint density at radius 1 is 1.27 bits per heavy atom. The Hall–Kier alpha value is -0.320. The first kappa shape index (κ1) is 18.0. The summed E-state index contributed by atoms with van der Waals surface area (Å²) >= 11 is 0. The van der Waals surface area contributed by atoms with Crippen LogP contribution in [0.25, 0.3) is 0 Å². The molecule has 5 heteroatoms. The average Bonchev–Trinajstić information content (AvgIpc) is 3.09. The van der Waals surface area contributed by atoms with Gasteiger partial charge in [0.1, 0.15) is 0 Å². The van der Waals surface area contributed by atoms with Gasteiger partial charge in [0, 0.05) is 30.5 Å². The predicted molar refractivity (Wildman–Crippen MR) is 90.0 cm³/mol. The van der Waals surface area contributed by atoms with Crippen LogP contribution in [0.1, 0.15) is 64.7 Å². The fourth-order valence-corrected chi connectivity index (χ4v) is 4.90. The Bertz CT molecular complexity index is 385. The fraction of sp³-hybridized carbons (Fsp3) is 0.941. The van der Waals surface area contributed by atoms with Crippen LogP contribution in [0.2, 0.25) is 0 Å². The molecule has 3 aliphatic carbocycles. The van der Waals surface area contributed by atoms with Gasteiger partial charge in [0.15, 0.2) is 0 Å². The molecule has 0 bridgehead atoms. The topological polar surface area (TPSA) is 64.3 Å². The lowest BCUT2D eigenvalue weighted by Gasteiger charge is -2.54. The van der Waals surface area contributed by atoms with Gasteiger partial charge in [0.25, 0.3) is 0 Å². The lowest BCUT2D eigenvalue weighted by molar-refractivity contribution is -0.144. The van der Waals surface area contributed by atoms with E-state index in [9.17, 15) is 4.79 Å². The molecule has 0 radical (unpaired) electrons. The molecule has 3 aliphatic rings. The van der Waals surface area contributed by atoms with Crippen LogP contribution < -0.4 is 11.1 Å². The van der Waals surface area contributed by atoms with Crippen LogP contribution >= 0.6 is 12.4 Å². The van der Waals surface area contributed by atoms with E-state index in [1.807, 2.05) is 0 Å². The maximum atomic E-state index is 12.3. The summed E-state index contributed by atoms with van der Waals surface area (Å²) in [4.78, 5) is 12.3. The highest BCUT2D eigenvalue weighted by Crippen LogP contribution is 2.54. The molecule has 1 spiro atoms. The third-order valence-corrected chi connectivity index (χ3v) is 6.19. The molecule has 4 nitrogen and oxygen atoms in total. The second kappa shape index (κ2) is 7.50. The molecular weight excluding hydrogens is 300 g/mol. The summed E-state index contributed by atoms with van der Waals surface area (Å²) in [7, 11) is 0. The third-order valence-electron chi connectivity index (χ3n) is 6.19. The molecule has 3 rings (SSSR count). The van der Waals surface area contributed by atoms with Crippen molar-refractivity contribution in [3.63, 3.8) is 0 Å². The van der Waals surface area contributed by atoms with Crippen LogP contribution in [0.4, 0.5) is 0 Å². The minimum absolute atomic E-state index is 0. The number of carbonyl (C=O) groups excluding carboxylic acids is 1. The maximum Gasteiger partial charge on any atom is 0.220 e. The zero-order valence-electron chi connectivity index (χ0n) is 13.7. The number of nitrogens with one attached hydrogen (secondary N) is 1. The molecule has 0 aromatic rings. The number of nitrogens with two attached hydrogens (primary N) is 1. The Kier molecular flexibility index (Phi) is 6.14. The molecule has 0 aliphatic heterocycles. The molecule has 0 saturated heterocycles. The van der Waals surface area contributed by atoms with Crippen molar-refractivity contribution in [3.8, 4) is 0 Å². The molecule has 0 heterocycles. The predicted octanol–water partition coefficient (Wildman–Crippen LogP) is 2.78. The molecular formula is C17H31ClN2O2. The highest BCUT2D eigenvalue weighted by molar-refractivity contribution is 5.85. The zero-order chi connectivity index (χ0) is 14.9. The van der Waals surface area contributed by atoms with Gasteiger partial charge in [-0.15, -0.1) is 12.4 Å². The number of carbonyl (C=O) groups is 1. The Morgan fingerprint density at radius 2 is 2.00 bits per heavy atom. The number of amides is 1. The van der Waals surface area contributed by atoms with Crippen molar-refractivity contribution in [2.45, 2.75) is 82.9 Å². The van der Waals surface area contributed by atoms with Gasteiger partial charge in [0.05, 0.1) is 6.10 Å². The lowest BCUT2D eigenvalue weighted by Crippen LogP contribution is -2.63. The largest absolute Gasteiger partial charge is 0.378 e. The number of ether oxygens (including phenoxy) is 1. The minimum atomic E-state index is 0. The van der Waals surface area contributed by atoms with Crippen molar-refractivity contribution >= 4 is 18.3 Å². The number of hydrogen-bond donors (Lipinski definition) is 2. The lowest BCUT2D eigenvalue weighted by atomic mass is 9.60. The summed E-state index contributed by atoms with van der Waals surface area (Å²) in [6, 6.07) is 0.565. The minimum Gasteiger partial charge on any atom is -0.378 e. The summed E-state index contributed by atoms with van der Waals surface area (Å²) in [6.45, 7) is 2.85. The zero-order valence-corrected chi connectivity index (χ0v) is 14.5. The molecule has 1 amide bonds. The molecule has 0 aromatic heterocycles. The molecule has 3 saturated carbocycles. The molecule has 4 atom stereocenters. The second-order valence-corrected chi connectivity index (χ2v) is 7.30. The van der Waals surface area contributed by atoms with Gasteiger partial charge in [-0.25, -0.2) is 0 Å². The van der Waals surface area contributed by atoms with E-state index >= 15 is 0 Å². The Labute approximate surface area is 140 Å². The monoisotopic (exact) mass is 330 g/mol. The van der Waals surface area contributed by atoms with Crippen LogP contribution in [-0.4, -0.2) is 30.7 Å². The highest BCUT2D eigenvalue weighted by Gasteiger charge is 2.57. The van der Waals surface area contributed by atoms with Crippen LogP contribution in [0.15, 0.2) is 0 Å². The molecule has 3 fully saturated rings. The van der Waals surface area contributed by atoms with Crippen molar-refractivity contribution in [3.05, 3.63) is 0 Å². The first-order valence-electron chi connectivity index (χ1n) is 8.82. The van der Waals surface area contributed by atoms with E-state index in [2.05, 4.69) is 12.2 Å². The van der Waals surface area contributed by atoms with Crippen LogP contribution in [0.5, 0.6) is 0 Å². The first-order chi connectivity index (χ1) is 10.2. The Morgan fingerprint density at radius 3 is 2.59 bits per heavy atom. The van der Waals surface area contributed by atoms with Crippen molar-refractivity contribution in [1.82, 2.24) is 5.32 Å². The molecule has 22 heavy (non-hydrogen) atoms. The standard InChI is InChI=1S/C17H30N2O2.ClH/c1-2-21-15-11-14(17(15)8-3-4-9-17)19-16(20)10-12-6-5-7-13(12)18;/h12-15H,2-11,18H2,1H3,(H,19,20);1H/t12-,13+,14?,15?;/m0./s1. The van der Waals surface area contributed by atoms with Gasteiger partial charge in [0.2, 0.25) is 5.91 Å². The van der Waals surface area contributed by atoms with E-state index in [4.69, 9.17) is 10.5 Å². The Balaban J connectivity index is 0.00000176. The number of halogens is 1. The number of hydrogen-bond acceptors (Lipinski definition) is 3. The normalized spacial score (nSPS) is 35.9. The van der Waals surface area contributed by atoms with Crippen molar-refractivity contribution in [1.29, 1.82) is 0 Å². The van der Waals surface area contributed by atoms with Crippen LogP contribution in [0, 0.1) is 11.3 Å². The summed E-state index contributed by atoms with van der Waals surface area (Å²) in [5.41, 5.74) is 6.32. The van der Waals surface area contributed by atoms with Crippen molar-refractivity contribution < 1.29 is 9.53 Å². The van der Waals surface area contributed by atoms with E-state index in [-0.39, 0.29) is 29.8 Å². The molecule has 2 unspecified atom stereocenters. The van der Waals surface area contributed by atoms with Gasteiger partial charge in [-0.3, -0.25) is 4.79 Å². The smallest absolute Gasteiger partial charge is 0.220 e. The highest BCUT2D eigenvalue weighted by atomic mass is 35.5. The summed E-state index contributed by atoms with van der Waals surface area (Å²) in [5.74, 6) is 0.607. The van der Waals surface area contributed by atoms with Gasteiger partial charge in [-0.2, -0.15) is 0 Å². The maximum absolute atomic E-state index is 12.3. The molecule has 3 N–H and O–H groups in total. The average molecular weight is 331 g/mol. The van der Waals surface area contributed by atoms with Gasteiger partial charge < -0.3 is 15.8 Å². The van der Waals surface area contributed by atoms with Gasteiger partial charge in [-0.05, 0) is 44.9 Å². The first-order valence-corrected chi connectivity index (χ1v) is 8.82. The number of rotatable bonds is 5. The summed E-state index contributed by atoms with van der Waals surface area (Å²) < 4.78 is 5.91. The van der Waals surface area contributed by atoms with Crippen molar-refractivity contribution in [2.24, 2.45) is 17.1 Å². The molecule has 128 valence electrons. The quantitative estimate of drug-likeness (QED) is 0.814. The summed E-state index contributed by atoms with van der Waals surface area (Å²) in [5, 5.41) is 3.31. The SMILES string of the molecule is CCOC1CC(NC(=O)C[C@@H]2CCC[C@H]2N)C12CCCC2.Cl. The second-order valence-electron chi connectivity index (χ2n) is 7.30. The van der Waals surface area contributed by atoms with Crippen molar-refractivity contribution in [2.75, 3.05) is 6.61 Å². The van der Waals surface area contributed by atoms with E-state index in [0.717, 1.165) is 25.9 Å². The third kappa shape index (κ3) is 3.29. The van der Waals surface area contributed by atoms with Crippen LogP contribution in [0.3, 0.4) is 0 Å². The van der Waals surface area contributed by atoms with E-state index in [1.54, 1.807) is 0 Å². The fourth-order valence-electron chi connectivity index (χ4n) is 4.90. The van der Waals surface area contributed by atoms with E-state index < -0.39 is 0 Å². The van der Waals surface area contributed by atoms with Gasteiger partial charge >= 0.3 is 0 Å². The van der Waals surface area contributed by atoms with E-state index in [0.29, 0.717) is 24.5 Å². The summed E-state index contributed by atoms with van der Waals surface area (Å²) in [6.07, 6.45) is 10.3. The van der Waals surface area contributed by atoms with E-state index in [1.165, 1.54) is 32.1 Å².